The maximum Gasteiger partial charge on any atom is 0.107 e. The number of unbranched alkanes of at least 4 members (excludes halogenated alkanes) is 1. The van der Waals surface area contributed by atoms with Crippen LogP contribution in [-0.2, 0) is 0 Å². The van der Waals surface area contributed by atoms with E-state index in [9.17, 15) is 0 Å². The molecular formula is C19H25N3. The first-order valence-corrected chi connectivity index (χ1v) is 8.22. The minimum absolute atomic E-state index is 0.202. The number of aromatic nitrogens is 3. The van der Waals surface area contributed by atoms with Crippen molar-refractivity contribution in [1.29, 1.82) is 0 Å². The van der Waals surface area contributed by atoms with E-state index in [0.29, 0.717) is 6.04 Å². The molecule has 0 unspecified atom stereocenters. The summed E-state index contributed by atoms with van der Waals surface area (Å²) < 4.78 is 2.38. The van der Waals surface area contributed by atoms with Crippen molar-refractivity contribution in [3.63, 3.8) is 0 Å². The molecule has 0 aliphatic carbocycles. The Kier molecular flexibility index (Phi) is 3.90. The number of hydrogen-bond donors (Lipinski definition) is 0. The Morgan fingerprint density at radius 2 is 1.86 bits per heavy atom. The highest BCUT2D eigenvalue weighted by Crippen LogP contribution is 2.38. The Balaban J connectivity index is 2.22. The quantitative estimate of drug-likeness (QED) is 0.648. The molecule has 1 aromatic carbocycles. The molecule has 0 spiro atoms. The van der Waals surface area contributed by atoms with E-state index in [1.54, 1.807) is 0 Å². The molecule has 22 heavy (non-hydrogen) atoms. The van der Waals surface area contributed by atoms with Crippen LogP contribution in [-0.4, -0.2) is 14.5 Å². The predicted octanol–water partition coefficient (Wildman–Crippen LogP) is 5.36. The molecule has 1 atom stereocenters. The molecule has 0 N–H and O–H groups in total. The second kappa shape index (κ2) is 5.71. The molecule has 2 heterocycles. The van der Waals surface area contributed by atoms with E-state index in [1.807, 2.05) is 18.6 Å². The van der Waals surface area contributed by atoms with Crippen LogP contribution in [0.1, 0.15) is 53.0 Å². The first-order chi connectivity index (χ1) is 10.5. The maximum absolute atomic E-state index is 4.61. The van der Waals surface area contributed by atoms with Crippen LogP contribution in [0.2, 0.25) is 0 Å². The van der Waals surface area contributed by atoms with Crippen LogP contribution in [0.4, 0.5) is 0 Å². The van der Waals surface area contributed by atoms with Crippen LogP contribution >= 0.6 is 0 Å². The Labute approximate surface area is 132 Å². The number of rotatable bonds is 4. The number of fused-ring (bicyclic) bond motifs is 3. The van der Waals surface area contributed by atoms with Gasteiger partial charge in [-0.15, -0.1) is 0 Å². The molecule has 0 fully saturated rings. The Morgan fingerprint density at radius 3 is 2.59 bits per heavy atom. The fourth-order valence-corrected chi connectivity index (χ4v) is 3.29. The lowest BCUT2D eigenvalue weighted by Gasteiger charge is -2.32. The number of imidazole rings is 1. The average Bonchev–Trinajstić information content (AvgIpc) is 2.90. The van der Waals surface area contributed by atoms with Gasteiger partial charge < -0.3 is 4.57 Å². The third kappa shape index (κ3) is 2.60. The lowest BCUT2D eigenvalue weighted by atomic mass is 9.83. The van der Waals surface area contributed by atoms with Crippen LogP contribution in [0, 0.1) is 5.41 Å². The lowest BCUT2D eigenvalue weighted by molar-refractivity contribution is 0.229. The van der Waals surface area contributed by atoms with Crippen molar-refractivity contribution in [3.05, 3.63) is 36.8 Å². The van der Waals surface area contributed by atoms with Gasteiger partial charge in [0.2, 0.25) is 0 Å². The number of pyridine rings is 1. The van der Waals surface area contributed by atoms with Crippen molar-refractivity contribution in [3.8, 4) is 0 Å². The van der Waals surface area contributed by atoms with Gasteiger partial charge >= 0.3 is 0 Å². The third-order valence-corrected chi connectivity index (χ3v) is 4.47. The smallest absolute Gasteiger partial charge is 0.107 e. The van der Waals surface area contributed by atoms with Crippen molar-refractivity contribution < 1.29 is 0 Å². The third-order valence-electron chi connectivity index (χ3n) is 4.47. The minimum atomic E-state index is 0.202. The molecule has 3 nitrogen and oxygen atoms in total. The van der Waals surface area contributed by atoms with E-state index in [1.165, 1.54) is 30.2 Å². The fourth-order valence-electron chi connectivity index (χ4n) is 3.29. The summed E-state index contributed by atoms with van der Waals surface area (Å²) >= 11 is 0. The first kappa shape index (κ1) is 15.0. The van der Waals surface area contributed by atoms with Gasteiger partial charge in [-0.05, 0) is 17.9 Å². The molecule has 0 bridgehead atoms. The summed E-state index contributed by atoms with van der Waals surface area (Å²) in [5.74, 6) is 0. The van der Waals surface area contributed by atoms with E-state index < -0.39 is 0 Å². The van der Waals surface area contributed by atoms with Gasteiger partial charge in [-0.2, -0.15) is 0 Å². The molecule has 0 aliphatic heterocycles. The highest BCUT2D eigenvalue weighted by Gasteiger charge is 2.27. The summed E-state index contributed by atoms with van der Waals surface area (Å²) in [4.78, 5) is 9.14. The molecule has 0 aliphatic rings. The van der Waals surface area contributed by atoms with Crippen molar-refractivity contribution in [1.82, 2.24) is 14.5 Å². The lowest BCUT2D eigenvalue weighted by Crippen LogP contribution is -2.24. The zero-order chi connectivity index (χ0) is 15.7. The minimum Gasteiger partial charge on any atom is -0.326 e. The second-order valence-electron chi connectivity index (χ2n) is 7.19. The summed E-state index contributed by atoms with van der Waals surface area (Å²) in [5, 5.41) is 1.20. The summed E-state index contributed by atoms with van der Waals surface area (Å²) in [5.41, 5.74) is 3.46. The molecular weight excluding hydrogens is 270 g/mol. The van der Waals surface area contributed by atoms with Gasteiger partial charge in [-0.1, -0.05) is 58.7 Å². The van der Waals surface area contributed by atoms with Gasteiger partial charge in [-0.25, -0.2) is 4.98 Å². The van der Waals surface area contributed by atoms with E-state index in [4.69, 9.17) is 0 Å². The van der Waals surface area contributed by atoms with Gasteiger partial charge in [0.05, 0.1) is 23.6 Å². The molecule has 0 saturated heterocycles. The number of benzene rings is 1. The van der Waals surface area contributed by atoms with Crippen molar-refractivity contribution in [2.24, 2.45) is 5.41 Å². The number of hydrogen-bond acceptors (Lipinski definition) is 2. The van der Waals surface area contributed by atoms with Crippen molar-refractivity contribution >= 4 is 21.9 Å². The van der Waals surface area contributed by atoms with E-state index >= 15 is 0 Å². The van der Waals surface area contributed by atoms with Crippen molar-refractivity contribution in [2.75, 3.05) is 0 Å². The Morgan fingerprint density at radius 1 is 1.09 bits per heavy atom. The highest BCUT2D eigenvalue weighted by atomic mass is 15.1. The summed E-state index contributed by atoms with van der Waals surface area (Å²) in [7, 11) is 0. The van der Waals surface area contributed by atoms with Gasteiger partial charge in [0.1, 0.15) is 5.52 Å². The number of para-hydroxylation sites is 1. The zero-order valence-electron chi connectivity index (χ0n) is 14.0. The molecule has 3 aromatic rings. The first-order valence-electron chi connectivity index (χ1n) is 8.22. The van der Waals surface area contributed by atoms with Crippen LogP contribution in [0.25, 0.3) is 21.9 Å². The molecule has 0 amide bonds. The predicted molar refractivity (Wildman–Crippen MR) is 93.1 cm³/mol. The molecule has 0 saturated carbocycles. The van der Waals surface area contributed by atoms with Gasteiger partial charge in [-0.3, -0.25) is 4.98 Å². The summed E-state index contributed by atoms with van der Waals surface area (Å²) in [6, 6.07) is 8.80. The SMILES string of the molecule is CCCC[C@@H](n1cnc2cnc3ccccc3c21)C(C)(C)C. The van der Waals surface area contributed by atoms with Gasteiger partial charge in [0.15, 0.2) is 0 Å². The van der Waals surface area contributed by atoms with Crippen LogP contribution in [0.5, 0.6) is 0 Å². The molecule has 3 heteroatoms. The molecule has 3 rings (SSSR count). The van der Waals surface area contributed by atoms with Gasteiger partial charge in [0.25, 0.3) is 0 Å². The van der Waals surface area contributed by atoms with Crippen LogP contribution < -0.4 is 0 Å². The topological polar surface area (TPSA) is 30.7 Å². The van der Waals surface area contributed by atoms with Crippen LogP contribution in [0.15, 0.2) is 36.8 Å². The van der Waals surface area contributed by atoms with Gasteiger partial charge in [0, 0.05) is 11.4 Å². The standard InChI is InChI=1S/C19H25N3/c1-5-6-11-17(19(2,3)4)22-13-21-16-12-20-15-10-8-7-9-14(15)18(16)22/h7-10,12-13,17H,5-6,11H2,1-4H3/t17-/m1/s1. The van der Waals surface area contributed by atoms with Crippen LogP contribution in [0.3, 0.4) is 0 Å². The zero-order valence-corrected chi connectivity index (χ0v) is 14.0. The average molecular weight is 295 g/mol. The Bertz CT molecular complexity index is 780. The van der Waals surface area contributed by atoms with Crippen molar-refractivity contribution in [2.45, 2.75) is 53.0 Å². The molecule has 2 aromatic heterocycles. The van der Waals surface area contributed by atoms with E-state index in [-0.39, 0.29) is 5.41 Å². The Hall–Kier alpha value is -1.90. The largest absolute Gasteiger partial charge is 0.326 e. The monoisotopic (exact) mass is 295 g/mol. The number of nitrogens with zero attached hydrogens (tertiary/aromatic N) is 3. The maximum atomic E-state index is 4.61. The summed E-state index contributed by atoms with van der Waals surface area (Å²) in [6.07, 6.45) is 7.55. The molecule has 0 radical (unpaired) electrons. The van der Waals surface area contributed by atoms with E-state index in [0.717, 1.165) is 11.0 Å². The highest BCUT2D eigenvalue weighted by molar-refractivity contribution is 6.01. The molecule has 116 valence electrons. The fraction of sp³-hybridized carbons (Fsp3) is 0.474. The second-order valence-corrected chi connectivity index (χ2v) is 7.19. The summed E-state index contributed by atoms with van der Waals surface area (Å²) in [6.45, 7) is 9.22. The normalized spacial score (nSPS) is 13.8. The van der Waals surface area contributed by atoms with E-state index in [2.05, 4.69) is 60.4 Å².